The van der Waals surface area contributed by atoms with E-state index in [1.807, 2.05) is 56.3 Å². The zero-order chi connectivity index (χ0) is 34.1. The quantitative estimate of drug-likeness (QED) is 0.165. The Hall–Kier alpha value is -5.15. The number of aromatic nitrogens is 2. The summed E-state index contributed by atoms with van der Waals surface area (Å²) in [5, 5.41) is 0. The molecule has 0 N–H and O–H groups in total. The molecule has 8 nitrogen and oxygen atoms in total. The van der Waals surface area contributed by atoms with Crippen molar-refractivity contribution in [1.82, 2.24) is 9.13 Å². The molecule has 0 bridgehead atoms. The normalized spacial score (nSPS) is 14.6. The number of allylic oxidation sites excluding steroid dienone is 1. The number of methoxy groups -OCH3 is 1. The average Bonchev–Trinajstić information content (AvgIpc) is 3.53. The van der Waals surface area contributed by atoms with Crippen LogP contribution in [0.1, 0.15) is 56.3 Å². The van der Waals surface area contributed by atoms with E-state index in [1.165, 1.54) is 16.9 Å². The summed E-state index contributed by atoms with van der Waals surface area (Å²) in [7, 11) is 1.57. The van der Waals surface area contributed by atoms with Crippen molar-refractivity contribution in [2.24, 2.45) is 4.99 Å². The van der Waals surface area contributed by atoms with Crippen LogP contribution in [-0.4, -0.2) is 34.9 Å². The Balaban J connectivity index is 1.45. The SMILES string of the molecule is CCOC(=O)C1=C(C)N=c2s/c(=C/c3cc(C)n(-c4ccc(-c5ccccc5)cc4)c3C)c(=O)n2[C@H]1c1ccc(OC(C)C)c(OC)c1. The smallest absolute Gasteiger partial charge is 0.338 e. The fourth-order valence-electron chi connectivity index (χ4n) is 6.22. The summed E-state index contributed by atoms with van der Waals surface area (Å²) in [6.07, 6.45) is 1.86. The molecule has 3 heterocycles. The van der Waals surface area contributed by atoms with Crippen molar-refractivity contribution in [3.05, 3.63) is 132 Å². The summed E-state index contributed by atoms with van der Waals surface area (Å²) >= 11 is 1.30. The van der Waals surface area contributed by atoms with Gasteiger partial charge in [0.1, 0.15) is 0 Å². The number of aryl methyl sites for hydroxylation is 1. The Morgan fingerprint density at radius 1 is 0.958 bits per heavy atom. The first-order chi connectivity index (χ1) is 23.1. The number of hydrogen-bond acceptors (Lipinski definition) is 7. The molecule has 246 valence electrons. The fourth-order valence-corrected chi connectivity index (χ4v) is 7.26. The first-order valence-electron chi connectivity index (χ1n) is 16.0. The largest absolute Gasteiger partial charge is 0.493 e. The fraction of sp³-hybridized carbons (Fsp3) is 0.256. The van der Waals surface area contributed by atoms with E-state index in [2.05, 4.69) is 60.9 Å². The van der Waals surface area contributed by atoms with Gasteiger partial charge in [-0.2, -0.15) is 0 Å². The average molecular weight is 662 g/mol. The minimum absolute atomic E-state index is 0.0599. The van der Waals surface area contributed by atoms with Gasteiger partial charge in [-0.3, -0.25) is 9.36 Å². The summed E-state index contributed by atoms with van der Waals surface area (Å²) in [4.78, 5) is 32.9. The van der Waals surface area contributed by atoms with Crippen molar-refractivity contribution >= 4 is 23.4 Å². The van der Waals surface area contributed by atoms with Crippen molar-refractivity contribution in [3.63, 3.8) is 0 Å². The zero-order valence-electron chi connectivity index (χ0n) is 28.2. The maximum Gasteiger partial charge on any atom is 0.338 e. The number of carbonyl (C=O) groups excluding carboxylic acids is 1. The Kier molecular flexibility index (Phi) is 9.24. The molecule has 0 unspecified atom stereocenters. The molecule has 9 heteroatoms. The lowest BCUT2D eigenvalue weighted by atomic mass is 9.95. The maximum absolute atomic E-state index is 14.3. The molecule has 0 amide bonds. The van der Waals surface area contributed by atoms with Crippen LogP contribution in [0.4, 0.5) is 0 Å². The van der Waals surface area contributed by atoms with Gasteiger partial charge in [0, 0.05) is 17.1 Å². The molecular weight excluding hydrogens is 623 g/mol. The van der Waals surface area contributed by atoms with Crippen LogP contribution in [0.15, 0.2) is 99.9 Å². The van der Waals surface area contributed by atoms with Crippen LogP contribution in [0.2, 0.25) is 0 Å². The predicted octanol–water partition coefficient (Wildman–Crippen LogP) is 6.67. The van der Waals surface area contributed by atoms with Crippen molar-refractivity contribution < 1.29 is 19.0 Å². The molecule has 0 aliphatic carbocycles. The number of rotatable bonds is 9. The lowest BCUT2D eigenvalue weighted by Crippen LogP contribution is -2.40. The number of nitrogens with zero attached hydrogens (tertiary/aromatic N) is 3. The predicted molar refractivity (Wildman–Crippen MR) is 190 cm³/mol. The van der Waals surface area contributed by atoms with Crippen molar-refractivity contribution in [1.29, 1.82) is 0 Å². The van der Waals surface area contributed by atoms with Crippen LogP contribution in [0.3, 0.4) is 0 Å². The van der Waals surface area contributed by atoms with Crippen molar-refractivity contribution in [2.75, 3.05) is 13.7 Å². The first-order valence-corrected chi connectivity index (χ1v) is 16.8. The third-order valence-electron chi connectivity index (χ3n) is 8.37. The van der Waals surface area contributed by atoms with Gasteiger partial charge in [0.15, 0.2) is 16.3 Å². The Morgan fingerprint density at radius 3 is 2.33 bits per heavy atom. The van der Waals surface area contributed by atoms with Gasteiger partial charge in [-0.25, -0.2) is 9.79 Å². The van der Waals surface area contributed by atoms with E-state index in [9.17, 15) is 9.59 Å². The topological polar surface area (TPSA) is 84.1 Å². The van der Waals surface area contributed by atoms with Gasteiger partial charge in [0.05, 0.1) is 41.7 Å². The Morgan fingerprint density at radius 2 is 1.67 bits per heavy atom. The third-order valence-corrected chi connectivity index (χ3v) is 9.36. The van der Waals surface area contributed by atoms with Crippen molar-refractivity contribution in [2.45, 2.75) is 53.7 Å². The maximum atomic E-state index is 14.3. The van der Waals surface area contributed by atoms with Gasteiger partial charge in [-0.05, 0) is 100 Å². The monoisotopic (exact) mass is 661 g/mol. The number of ether oxygens (including phenoxy) is 3. The van der Waals surface area contributed by atoms with E-state index in [0.29, 0.717) is 37.7 Å². The highest BCUT2D eigenvalue weighted by Crippen LogP contribution is 2.36. The number of fused-ring (bicyclic) bond motifs is 1. The van der Waals surface area contributed by atoms with E-state index in [0.717, 1.165) is 28.2 Å². The number of esters is 1. The molecule has 3 aromatic carbocycles. The number of thiazole rings is 1. The molecule has 0 saturated heterocycles. The van der Waals surface area contributed by atoms with E-state index < -0.39 is 12.0 Å². The first kappa shape index (κ1) is 32.8. The Bertz CT molecular complexity index is 2210. The number of carbonyl (C=O) groups is 1. The van der Waals surface area contributed by atoms with Crippen LogP contribution in [0.25, 0.3) is 22.9 Å². The molecule has 2 aromatic heterocycles. The molecule has 6 rings (SSSR count). The van der Waals surface area contributed by atoms with Crippen LogP contribution in [0.5, 0.6) is 11.5 Å². The minimum Gasteiger partial charge on any atom is -0.493 e. The molecule has 5 aromatic rings. The lowest BCUT2D eigenvalue weighted by molar-refractivity contribution is -0.139. The standard InChI is InChI=1S/C39H39N3O5S/c1-8-46-38(44)35-25(5)40-39-42(36(35)29-16-19-32(47-23(2)3)33(21-29)45-7)37(43)34(48-39)22-30-20-24(4)41(26(30)6)31-17-14-28(15-18-31)27-12-10-9-11-13-27/h9-23,36H,8H2,1-7H3/b34-22+/t36-/m0/s1. The molecule has 0 radical (unpaired) electrons. The van der Waals surface area contributed by atoms with Gasteiger partial charge in [0.2, 0.25) is 0 Å². The lowest BCUT2D eigenvalue weighted by Gasteiger charge is -2.25. The molecule has 0 saturated carbocycles. The highest BCUT2D eigenvalue weighted by molar-refractivity contribution is 7.07. The summed E-state index contributed by atoms with van der Waals surface area (Å²) < 4.78 is 21.4. The van der Waals surface area contributed by atoms with Crippen LogP contribution < -0.4 is 24.4 Å². The van der Waals surface area contributed by atoms with Crippen molar-refractivity contribution in [3.8, 4) is 28.3 Å². The van der Waals surface area contributed by atoms with Crippen LogP contribution in [0, 0.1) is 13.8 Å². The zero-order valence-corrected chi connectivity index (χ0v) is 29.1. The third kappa shape index (κ3) is 6.13. The highest BCUT2D eigenvalue weighted by Gasteiger charge is 2.34. The van der Waals surface area contributed by atoms with Crippen LogP contribution in [-0.2, 0) is 9.53 Å². The molecule has 0 fully saturated rings. The number of hydrogen-bond donors (Lipinski definition) is 0. The molecule has 1 aliphatic rings. The van der Waals surface area contributed by atoms with E-state index in [-0.39, 0.29) is 18.3 Å². The molecule has 48 heavy (non-hydrogen) atoms. The molecule has 0 spiro atoms. The van der Waals surface area contributed by atoms with Gasteiger partial charge in [-0.1, -0.05) is 59.9 Å². The van der Waals surface area contributed by atoms with E-state index in [4.69, 9.17) is 19.2 Å². The summed E-state index contributed by atoms with van der Waals surface area (Å²) in [6, 6.07) is 25.6. The molecule has 1 aliphatic heterocycles. The molecular formula is C39H39N3O5S. The minimum atomic E-state index is -0.764. The second-order valence-corrected chi connectivity index (χ2v) is 13.0. The molecule has 1 atom stereocenters. The Labute approximate surface area is 283 Å². The van der Waals surface area contributed by atoms with Gasteiger partial charge in [-0.15, -0.1) is 0 Å². The van der Waals surface area contributed by atoms with E-state index >= 15 is 0 Å². The van der Waals surface area contributed by atoms with E-state index in [1.54, 1.807) is 25.5 Å². The van der Waals surface area contributed by atoms with Gasteiger partial charge < -0.3 is 18.8 Å². The second-order valence-electron chi connectivity index (χ2n) is 12.0. The van der Waals surface area contributed by atoms with Crippen LogP contribution >= 0.6 is 11.3 Å². The van der Waals surface area contributed by atoms with Gasteiger partial charge in [0.25, 0.3) is 5.56 Å². The summed E-state index contributed by atoms with van der Waals surface area (Å²) in [5.41, 5.74) is 7.61. The summed E-state index contributed by atoms with van der Waals surface area (Å²) in [5.74, 6) is 0.568. The second kappa shape index (κ2) is 13.5. The summed E-state index contributed by atoms with van der Waals surface area (Å²) in [6.45, 7) is 11.7. The highest BCUT2D eigenvalue weighted by atomic mass is 32.1. The van der Waals surface area contributed by atoms with Gasteiger partial charge >= 0.3 is 5.97 Å². The number of benzene rings is 3.